The summed E-state index contributed by atoms with van der Waals surface area (Å²) in [5.74, 6) is 0.505. The minimum Gasteiger partial charge on any atom is -0.378 e. The third-order valence-corrected chi connectivity index (χ3v) is 3.75. The van der Waals surface area contributed by atoms with Crippen molar-refractivity contribution < 1.29 is 4.79 Å². The molecule has 0 bridgehead atoms. The van der Waals surface area contributed by atoms with E-state index in [1.165, 1.54) is 0 Å². The maximum atomic E-state index is 11.9. The molecule has 1 saturated carbocycles. The van der Waals surface area contributed by atoms with Crippen LogP contribution in [-0.4, -0.2) is 19.9 Å². The number of Topliss-reactive ketones (excluding diaryl/α,β-unsaturated/α-hetero) is 1. The van der Waals surface area contributed by atoms with Crippen LogP contribution in [0.2, 0.25) is 0 Å². The smallest absolute Gasteiger partial charge is 0.165 e. The molecule has 0 aromatic heterocycles. The predicted octanol–water partition coefficient (Wildman–Crippen LogP) is 4.76. The highest BCUT2D eigenvalue weighted by molar-refractivity contribution is 5.99. The van der Waals surface area contributed by atoms with Crippen molar-refractivity contribution >= 4 is 22.8 Å². The summed E-state index contributed by atoms with van der Waals surface area (Å²) in [6.07, 6.45) is 2.06. The van der Waals surface area contributed by atoms with E-state index in [4.69, 9.17) is 0 Å². The predicted molar refractivity (Wildman–Crippen MR) is 88.4 cm³/mol. The maximum absolute atomic E-state index is 11.9. The minimum absolute atomic E-state index is 0.252. The lowest BCUT2D eigenvalue weighted by molar-refractivity contribution is 0.0967. The quantitative estimate of drug-likeness (QED) is 0.589. The van der Waals surface area contributed by atoms with Gasteiger partial charge < -0.3 is 4.90 Å². The van der Waals surface area contributed by atoms with Gasteiger partial charge in [-0.05, 0) is 61.4 Å². The van der Waals surface area contributed by atoms with Gasteiger partial charge in [0.1, 0.15) is 0 Å². The monoisotopic (exact) mass is 293 g/mol. The van der Waals surface area contributed by atoms with Crippen molar-refractivity contribution in [3.05, 3.63) is 54.1 Å². The first-order valence-corrected chi connectivity index (χ1v) is 7.47. The van der Waals surface area contributed by atoms with Gasteiger partial charge in [0.25, 0.3) is 0 Å². The van der Waals surface area contributed by atoms with Crippen LogP contribution in [0.3, 0.4) is 0 Å². The number of benzene rings is 2. The Morgan fingerprint density at radius 1 is 0.909 bits per heavy atom. The molecular formula is C18H19N3O. The molecule has 22 heavy (non-hydrogen) atoms. The summed E-state index contributed by atoms with van der Waals surface area (Å²) in [5.41, 5.74) is 3.46. The molecule has 0 N–H and O–H groups in total. The number of carbonyl (C=O) groups is 1. The Balaban J connectivity index is 1.68. The largest absolute Gasteiger partial charge is 0.378 e. The molecule has 2 aromatic rings. The second-order valence-electron chi connectivity index (χ2n) is 5.80. The van der Waals surface area contributed by atoms with Crippen LogP contribution in [0, 0.1) is 5.92 Å². The lowest BCUT2D eigenvalue weighted by Gasteiger charge is -2.11. The van der Waals surface area contributed by atoms with Gasteiger partial charge in [-0.15, -0.1) is 0 Å². The van der Waals surface area contributed by atoms with Gasteiger partial charge in [0.2, 0.25) is 0 Å². The second kappa shape index (κ2) is 6.10. The Kier molecular flexibility index (Phi) is 4.00. The number of hydrogen-bond donors (Lipinski definition) is 0. The standard InChI is InChI=1S/C18H19N3O/c1-21(2)17-11-9-16(10-12-17)20-19-15-7-5-14(6-8-15)18(22)13-3-4-13/h5-13H,3-4H2,1-2H3. The van der Waals surface area contributed by atoms with Crippen LogP contribution in [0.1, 0.15) is 23.2 Å². The van der Waals surface area contributed by atoms with Crippen molar-refractivity contribution in [1.82, 2.24) is 0 Å². The van der Waals surface area contributed by atoms with Crippen LogP contribution in [0.25, 0.3) is 0 Å². The summed E-state index contributed by atoms with van der Waals surface area (Å²) in [6.45, 7) is 0. The van der Waals surface area contributed by atoms with Gasteiger partial charge in [0, 0.05) is 31.3 Å². The Labute approximate surface area is 130 Å². The van der Waals surface area contributed by atoms with Crippen LogP contribution in [-0.2, 0) is 0 Å². The number of rotatable bonds is 5. The molecule has 0 unspecified atom stereocenters. The maximum Gasteiger partial charge on any atom is 0.165 e. The Morgan fingerprint density at radius 3 is 1.86 bits per heavy atom. The van der Waals surface area contributed by atoms with Crippen LogP contribution in [0.4, 0.5) is 17.1 Å². The SMILES string of the molecule is CN(C)c1ccc(N=Nc2ccc(C(=O)C3CC3)cc2)cc1. The summed E-state index contributed by atoms with van der Waals surface area (Å²) in [7, 11) is 4.00. The van der Waals surface area contributed by atoms with E-state index in [1.54, 1.807) is 0 Å². The van der Waals surface area contributed by atoms with E-state index in [1.807, 2.05) is 67.5 Å². The van der Waals surface area contributed by atoms with Crippen molar-refractivity contribution in [3.63, 3.8) is 0 Å². The van der Waals surface area contributed by atoms with Gasteiger partial charge in [-0.1, -0.05) is 0 Å². The lowest BCUT2D eigenvalue weighted by atomic mass is 10.1. The van der Waals surface area contributed by atoms with E-state index in [0.29, 0.717) is 0 Å². The number of anilines is 1. The summed E-state index contributed by atoms with van der Waals surface area (Å²) < 4.78 is 0. The molecule has 1 aliphatic rings. The molecule has 0 atom stereocenters. The van der Waals surface area contributed by atoms with Gasteiger partial charge in [0.05, 0.1) is 11.4 Å². The Bertz CT molecular complexity index is 683. The third-order valence-electron chi connectivity index (χ3n) is 3.75. The molecule has 0 saturated heterocycles. The van der Waals surface area contributed by atoms with Gasteiger partial charge >= 0.3 is 0 Å². The van der Waals surface area contributed by atoms with E-state index in [-0.39, 0.29) is 11.7 Å². The number of carbonyl (C=O) groups excluding carboxylic acids is 1. The molecule has 1 fully saturated rings. The van der Waals surface area contributed by atoms with Crippen molar-refractivity contribution in [1.29, 1.82) is 0 Å². The van der Waals surface area contributed by atoms with Gasteiger partial charge in [-0.3, -0.25) is 4.79 Å². The number of nitrogens with zero attached hydrogens (tertiary/aromatic N) is 3. The molecule has 0 aliphatic heterocycles. The molecule has 0 amide bonds. The van der Waals surface area contributed by atoms with E-state index in [9.17, 15) is 4.79 Å². The molecule has 4 nitrogen and oxygen atoms in total. The highest BCUT2D eigenvalue weighted by Crippen LogP contribution is 2.33. The molecule has 0 radical (unpaired) electrons. The molecular weight excluding hydrogens is 274 g/mol. The minimum atomic E-state index is 0.252. The van der Waals surface area contributed by atoms with Crippen molar-refractivity contribution in [2.45, 2.75) is 12.8 Å². The highest BCUT2D eigenvalue weighted by Gasteiger charge is 2.30. The third kappa shape index (κ3) is 3.39. The first kappa shape index (κ1) is 14.4. The number of ketones is 1. The average Bonchev–Trinajstić information content (AvgIpc) is 3.38. The van der Waals surface area contributed by atoms with Gasteiger partial charge in [0.15, 0.2) is 5.78 Å². The summed E-state index contributed by atoms with van der Waals surface area (Å²) >= 11 is 0. The number of azo groups is 1. The summed E-state index contributed by atoms with van der Waals surface area (Å²) in [5, 5.41) is 8.43. The van der Waals surface area contributed by atoms with E-state index in [2.05, 4.69) is 10.2 Å². The first-order chi connectivity index (χ1) is 10.6. The molecule has 0 spiro atoms. The van der Waals surface area contributed by atoms with Gasteiger partial charge in [-0.25, -0.2) is 0 Å². The van der Waals surface area contributed by atoms with E-state index >= 15 is 0 Å². The fraction of sp³-hybridized carbons (Fsp3) is 0.278. The van der Waals surface area contributed by atoms with Crippen molar-refractivity contribution in [2.75, 3.05) is 19.0 Å². The average molecular weight is 293 g/mol. The fourth-order valence-electron chi connectivity index (χ4n) is 2.21. The Morgan fingerprint density at radius 2 is 1.41 bits per heavy atom. The van der Waals surface area contributed by atoms with E-state index < -0.39 is 0 Å². The molecule has 112 valence electrons. The van der Waals surface area contributed by atoms with Crippen LogP contribution in [0.15, 0.2) is 58.8 Å². The second-order valence-corrected chi connectivity index (χ2v) is 5.80. The molecule has 0 heterocycles. The van der Waals surface area contributed by atoms with Crippen LogP contribution >= 0.6 is 0 Å². The zero-order chi connectivity index (χ0) is 15.5. The Hall–Kier alpha value is -2.49. The molecule has 2 aromatic carbocycles. The highest BCUT2D eigenvalue weighted by atomic mass is 16.1. The van der Waals surface area contributed by atoms with Crippen LogP contribution < -0.4 is 4.90 Å². The normalized spacial score (nSPS) is 14.3. The molecule has 1 aliphatic carbocycles. The van der Waals surface area contributed by atoms with Gasteiger partial charge in [-0.2, -0.15) is 10.2 Å². The summed E-state index contributed by atoms with van der Waals surface area (Å²) in [4.78, 5) is 14.0. The van der Waals surface area contributed by atoms with Crippen molar-refractivity contribution in [2.24, 2.45) is 16.1 Å². The van der Waals surface area contributed by atoms with Crippen LogP contribution in [0.5, 0.6) is 0 Å². The first-order valence-electron chi connectivity index (χ1n) is 7.47. The number of hydrogen-bond acceptors (Lipinski definition) is 4. The fourth-order valence-corrected chi connectivity index (χ4v) is 2.21. The zero-order valence-corrected chi connectivity index (χ0v) is 12.9. The van der Waals surface area contributed by atoms with E-state index in [0.717, 1.165) is 35.5 Å². The molecule has 3 rings (SSSR count). The van der Waals surface area contributed by atoms with Crippen molar-refractivity contribution in [3.8, 4) is 0 Å². The molecule has 4 heteroatoms. The topological polar surface area (TPSA) is 45.0 Å². The lowest BCUT2D eigenvalue weighted by Crippen LogP contribution is -2.07. The zero-order valence-electron chi connectivity index (χ0n) is 12.9. The summed E-state index contributed by atoms with van der Waals surface area (Å²) in [6, 6.07) is 15.2.